The summed E-state index contributed by atoms with van der Waals surface area (Å²) in [7, 11) is 0. The molecule has 0 saturated carbocycles. The number of aliphatic hydroxyl groups excluding tert-OH is 1. The fourth-order valence-corrected chi connectivity index (χ4v) is 1.54. The Morgan fingerprint density at radius 2 is 1.80 bits per heavy atom. The van der Waals surface area contributed by atoms with Crippen molar-refractivity contribution < 1.29 is 27.4 Å². The van der Waals surface area contributed by atoms with E-state index in [1.807, 2.05) is 0 Å². The lowest BCUT2D eigenvalue weighted by Crippen LogP contribution is -2.30. The van der Waals surface area contributed by atoms with E-state index < -0.39 is 30.1 Å². The summed E-state index contributed by atoms with van der Waals surface area (Å²) in [4.78, 5) is 0. The number of hydrogen-bond donors (Lipinski definition) is 2. The zero-order valence-electron chi connectivity index (χ0n) is 10.8. The lowest BCUT2D eigenvalue weighted by molar-refractivity contribution is -0.275. The highest BCUT2D eigenvalue weighted by atomic mass is 35.5. The van der Waals surface area contributed by atoms with E-state index in [0.717, 1.165) is 12.1 Å². The fourth-order valence-electron chi connectivity index (χ4n) is 1.54. The molecule has 0 saturated heterocycles. The molecule has 0 radical (unpaired) electrons. The Kier molecular flexibility index (Phi) is 6.73. The van der Waals surface area contributed by atoms with Gasteiger partial charge in [0, 0.05) is 0 Å². The molecule has 3 N–H and O–H groups in total. The van der Waals surface area contributed by atoms with E-state index >= 15 is 0 Å². The number of rotatable bonds is 4. The quantitative estimate of drug-likeness (QED) is 0.839. The largest absolute Gasteiger partial charge is 0.573 e. The first-order valence-corrected chi connectivity index (χ1v) is 5.60. The van der Waals surface area contributed by atoms with E-state index in [1.165, 1.54) is 6.07 Å². The van der Waals surface area contributed by atoms with Crippen molar-refractivity contribution in [3.8, 4) is 5.75 Å². The molecule has 0 heterocycles. The van der Waals surface area contributed by atoms with Crippen molar-refractivity contribution in [2.75, 3.05) is 0 Å². The van der Waals surface area contributed by atoms with Crippen molar-refractivity contribution in [1.82, 2.24) is 0 Å². The van der Waals surface area contributed by atoms with Gasteiger partial charge in [-0.15, -0.1) is 25.6 Å². The molecule has 0 aliphatic rings. The summed E-state index contributed by atoms with van der Waals surface area (Å²) < 4.78 is 52.8. The molecule has 0 aliphatic heterocycles. The van der Waals surface area contributed by atoms with E-state index in [1.54, 1.807) is 13.8 Å². The number of halogens is 5. The molecule has 3 nitrogen and oxygen atoms in total. The van der Waals surface area contributed by atoms with Crippen LogP contribution in [0.3, 0.4) is 0 Å². The first-order valence-electron chi connectivity index (χ1n) is 5.60. The molecule has 0 spiro atoms. The lowest BCUT2D eigenvalue weighted by Gasteiger charge is -2.22. The van der Waals surface area contributed by atoms with E-state index in [0.29, 0.717) is 0 Å². The second-order valence-electron chi connectivity index (χ2n) is 4.50. The van der Waals surface area contributed by atoms with Crippen LogP contribution in [-0.2, 0) is 0 Å². The monoisotopic (exact) mass is 317 g/mol. The molecule has 0 unspecified atom stereocenters. The number of alkyl halides is 3. The molecule has 0 aliphatic carbocycles. The lowest BCUT2D eigenvalue weighted by atomic mass is 9.94. The van der Waals surface area contributed by atoms with E-state index in [9.17, 15) is 22.7 Å². The Hall–Kier alpha value is -1.05. The maximum absolute atomic E-state index is 13.4. The molecular weight excluding hydrogens is 302 g/mol. The van der Waals surface area contributed by atoms with Crippen LogP contribution in [0.4, 0.5) is 17.6 Å². The molecule has 1 aromatic rings. The zero-order chi connectivity index (χ0) is 14.8. The molecule has 0 aromatic heterocycles. The minimum atomic E-state index is -4.96. The molecular formula is C12H16ClF4NO2. The van der Waals surface area contributed by atoms with Gasteiger partial charge in [-0.25, -0.2) is 4.39 Å². The Labute approximate surface area is 120 Å². The van der Waals surface area contributed by atoms with Crippen LogP contribution in [-0.4, -0.2) is 17.6 Å². The van der Waals surface area contributed by atoms with Gasteiger partial charge < -0.3 is 15.6 Å². The second-order valence-corrected chi connectivity index (χ2v) is 4.50. The summed E-state index contributed by atoms with van der Waals surface area (Å²) in [6.07, 6.45) is -5.88. The molecule has 20 heavy (non-hydrogen) atoms. The highest BCUT2D eigenvalue weighted by molar-refractivity contribution is 5.85. The number of nitrogens with two attached hydrogens (primary N) is 1. The maximum Gasteiger partial charge on any atom is 0.573 e. The van der Waals surface area contributed by atoms with Gasteiger partial charge in [-0.2, -0.15) is 0 Å². The van der Waals surface area contributed by atoms with Crippen molar-refractivity contribution in [2.45, 2.75) is 32.4 Å². The van der Waals surface area contributed by atoms with E-state index in [4.69, 9.17) is 5.73 Å². The fraction of sp³-hybridized carbons (Fsp3) is 0.500. The van der Waals surface area contributed by atoms with Gasteiger partial charge in [0.1, 0.15) is 0 Å². The van der Waals surface area contributed by atoms with Gasteiger partial charge in [-0.3, -0.25) is 0 Å². The van der Waals surface area contributed by atoms with Crippen molar-refractivity contribution in [1.29, 1.82) is 0 Å². The number of benzene rings is 1. The average Bonchev–Trinajstić information content (AvgIpc) is 2.28. The Balaban J connectivity index is 0.00000361. The van der Waals surface area contributed by atoms with Gasteiger partial charge in [-0.05, 0) is 23.6 Å². The summed E-state index contributed by atoms with van der Waals surface area (Å²) in [5, 5.41) is 9.74. The summed E-state index contributed by atoms with van der Waals surface area (Å²) >= 11 is 0. The van der Waals surface area contributed by atoms with Crippen LogP contribution in [0, 0.1) is 11.7 Å². The first kappa shape index (κ1) is 18.9. The smallest absolute Gasteiger partial charge is 0.403 e. The summed E-state index contributed by atoms with van der Waals surface area (Å²) in [5.41, 5.74) is 5.91. The normalized spacial score (nSPS) is 14.7. The maximum atomic E-state index is 13.4. The van der Waals surface area contributed by atoms with Crippen LogP contribution in [0.1, 0.15) is 25.5 Å². The molecule has 0 fully saturated rings. The van der Waals surface area contributed by atoms with Crippen LogP contribution in [0.25, 0.3) is 0 Å². The molecule has 1 aromatic carbocycles. The molecule has 1 rings (SSSR count). The minimum Gasteiger partial charge on any atom is -0.403 e. The molecule has 0 bridgehead atoms. The SMILES string of the molecule is CC(C)[C@H](O)[C@H](N)c1ccc(OC(F)(F)F)c(F)c1.Cl. The van der Waals surface area contributed by atoms with Gasteiger partial charge in [-0.1, -0.05) is 19.9 Å². The van der Waals surface area contributed by atoms with Gasteiger partial charge >= 0.3 is 6.36 Å². The third-order valence-corrected chi connectivity index (χ3v) is 2.62. The van der Waals surface area contributed by atoms with Gasteiger partial charge in [0.05, 0.1) is 12.1 Å². The zero-order valence-corrected chi connectivity index (χ0v) is 11.6. The molecule has 0 amide bonds. The minimum absolute atomic E-state index is 0. The van der Waals surface area contributed by atoms with Crippen LogP contribution in [0.2, 0.25) is 0 Å². The van der Waals surface area contributed by atoms with Gasteiger partial charge in [0.25, 0.3) is 0 Å². The second kappa shape index (κ2) is 7.10. The Bertz CT molecular complexity index is 440. The number of aliphatic hydroxyl groups is 1. The van der Waals surface area contributed by atoms with Gasteiger partial charge in [0.2, 0.25) is 0 Å². The van der Waals surface area contributed by atoms with Gasteiger partial charge in [0.15, 0.2) is 11.6 Å². The van der Waals surface area contributed by atoms with Crippen LogP contribution in [0.5, 0.6) is 5.75 Å². The average molecular weight is 318 g/mol. The highest BCUT2D eigenvalue weighted by Gasteiger charge is 2.32. The highest BCUT2D eigenvalue weighted by Crippen LogP contribution is 2.28. The van der Waals surface area contributed by atoms with Crippen molar-refractivity contribution in [3.63, 3.8) is 0 Å². The Morgan fingerprint density at radius 1 is 1.25 bits per heavy atom. The summed E-state index contributed by atoms with van der Waals surface area (Å²) in [6.45, 7) is 3.45. The van der Waals surface area contributed by atoms with Crippen molar-refractivity contribution in [2.24, 2.45) is 11.7 Å². The molecule has 2 atom stereocenters. The standard InChI is InChI=1S/C12H15F4NO2.ClH/c1-6(2)11(18)10(17)7-3-4-9(8(13)5-7)19-12(14,15)16;/h3-6,10-11,18H,17H2,1-2H3;1H/t10-,11+;/m1./s1. The van der Waals surface area contributed by atoms with E-state index in [2.05, 4.69) is 4.74 Å². The number of hydrogen-bond acceptors (Lipinski definition) is 3. The van der Waals surface area contributed by atoms with Crippen molar-refractivity contribution in [3.05, 3.63) is 29.6 Å². The summed E-state index contributed by atoms with van der Waals surface area (Å²) in [5.74, 6) is -2.27. The predicted molar refractivity (Wildman–Crippen MR) is 68.1 cm³/mol. The third kappa shape index (κ3) is 5.15. The number of ether oxygens (including phenoxy) is 1. The summed E-state index contributed by atoms with van der Waals surface area (Å²) in [6, 6.07) is 1.98. The Morgan fingerprint density at radius 3 is 2.20 bits per heavy atom. The topological polar surface area (TPSA) is 55.5 Å². The predicted octanol–water partition coefficient (Wildman–Crippen LogP) is 3.16. The third-order valence-electron chi connectivity index (χ3n) is 2.62. The van der Waals surface area contributed by atoms with E-state index in [-0.39, 0.29) is 23.9 Å². The molecule has 116 valence electrons. The van der Waals surface area contributed by atoms with Crippen molar-refractivity contribution >= 4 is 12.4 Å². The van der Waals surface area contributed by atoms with Crippen LogP contribution < -0.4 is 10.5 Å². The van der Waals surface area contributed by atoms with Crippen LogP contribution >= 0.6 is 12.4 Å². The van der Waals surface area contributed by atoms with Crippen LogP contribution in [0.15, 0.2) is 18.2 Å². The molecule has 8 heteroatoms. The first-order chi connectivity index (χ1) is 8.61.